The predicted molar refractivity (Wildman–Crippen MR) is 79.3 cm³/mol. The minimum Gasteiger partial charge on any atom is -0.290 e. The van der Waals surface area contributed by atoms with Crippen molar-refractivity contribution >= 4 is 15.7 Å². The van der Waals surface area contributed by atoms with E-state index in [1.807, 2.05) is 16.7 Å². The largest absolute Gasteiger partial charge is 0.290 e. The molecule has 7 heteroatoms. The van der Waals surface area contributed by atoms with Crippen LogP contribution in [-0.4, -0.2) is 41.2 Å². The van der Waals surface area contributed by atoms with Gasteiger partial charge in [-0.3, -0.25) is 4.40 Å². The van der Waals surface area contributed by atoms with Crippen molar-refractivity contribution in [2.75, 3.05) is 14.1 Å². The van der Waals surface area contributed by atoms with E-state index in [9.17, 15) is 8.42 Å². The Morgan fingerprint density at radius 1 is 1.10 bits per heavy atom. The Morgan fingerprint density at radius 3 is 2.43 bits per heavy atom. The van der Waals surface area contributed by atoms with E-state index in [1.165, 1.54) is 18.4 Å². The van der Waals surface area contributed by atoms with Gasteiger partial charge in [-0.05, 0) is 18.2 Å². The summed E-state index contributed by atoms with van der Waals surface area (Å²) < 4.78 is 27.0. The molecule has 0 bridgehead atoms. The van der Waals surface area contributed by atoms with Crippen molar-refractivity contribution in [3.63, 3.8) is 0 Å². The van der Waals surface area contributed by atoms with Gasteiger partial charge >= 0.3 is 0 Å². The Balaban J connectivity index is 2.01. The number of hydrogen-bond donors (Lipinski definition) is 0. The molecule has 108 valence electrons. The number of benzene rings is 1. The second kappa shape index (κ2) is 4.94. The van der Waals surface area contributed by atoms with Crippen molar-refractivity contribution in [3.8, 4) is 11.3 Å². The fourth-order valence-electron chi connectivity index (χ4n) is 1.99. The summed E-state index contributed by atoms with van der Waals surface area (Å²) >= 11 is 0. The third kappa shape index (κ3) is 2.41. The van der Waals surface area contributed by atoms with Gasteiger partial charge in [0.1, 0.15) is 12.0 Å². The first kappa shape index (κ1) is 13.7. The van der Waals surface area contributed by atoms with E-state index >= 15 is 0 Å². The van der Waals surface area contributed by atoms with Gasteiger partial charge in [-0.25, -0.2) is 22.7 Å². The number of aromatic nitrogens is 3. The van der Waals surface area contributed by atoms with Gasteiger partial charge in [0.15, 0.2) is 0 Å². The monoisotopic (exact) mass is 302 g/mol. The average Bonchev–Trinajstić information content (AvgIpc) is 2.91. The molecule has 0 radical (unpaired) electrons. The highest BCUT2D eigenvalue weighted by Gasteiger charge is 2.17. The Kier molecular flexibility index (Phi) is 3.23. The third-order valence-electron chi connectivity index (χ3n) is 3.19. The lowest BCUT2D eigenvalue weighted by Crippen LogP contribution is -2.22. The summed E-state index contributed by atoms with van der Waals surface area (Å²) in [5, 5.41) is 0. The molecule has 2 heterocycles. The third-order valence-corrected chi connectivity index (χ3v) is 5.02. The Bertz CT molecular complexity index is 850. The molecule has 0 N–H and O–H groups in total. The molecule has 0 saturated carbocycles. The summed E-state index contributed by atoms with van der Waals surface area (Å²) in [6.45, 7) is 0. The van der Waals surface area contributed by atoms with Crippen LogP contribution in [0, 0.1) is 0 Å². The van der Waals surface area contributed by atoms with Crippen LogP contribution in [0.5, 0.6) is 0 Å². The van der Waals surface area contributed by atoms with Gasteiger partial charge < -0.3 is 0 Å². The lowest BCUT2D eigenvalue weighted by atomic mass is 10.2. The summed E-state index contributed by atoms with van der Waals surface area (Å²) in [6, 6.07) is 8.51. The van der Waals surface area contributed by atoms with E-state index < -0.39 is 10.0 Å². The molecular formula is C14H14N4O2S. The maximum Gasteiger partial charge on any atom is 0.242 e. The molecule has 0 unspecified atom stereocenters. The molecule has 3 rings (SSSR count). The van der Waals surface area contributed by atoms with E-state index in [4.69, 9.17) is 0 Å². The van der Waals surface area contributed by atoms with Crippen LogP contribution < -0.4 is 0 Å². The first-order valence-electron chi connectivity index (χ1n) is 6.30. The number of nitrogens with zero attached hydrogens (tertiary/aromatic N) is 4. The number of sulfonamides is 1. The summed E-state index contributed by atoms with van der Waals surface area (Å²) in [5.74, 6) is 0. The lowest BCUT2D eigenvalue weighted by Gasteiger charge is -2.11. The van der Waals surface area contributed by atoms with Gasteiger partial charge in [0.2, 0.25) is 10.0 Å². The van der Waals surface area contributed by atoms with Gasteiger partial charge in [0, 0.05) is 32.1 Å². The van der Waals surface area contributed by atoms with Crippen molar-refractivity contribution in [3.05, 3.63) is 49.1 Å². The topological polar surface area (TPSA) is 67.6 Å². The molecule has 2 aromatic heterocycles. The van der Waals surface area contributed by atoms with E-state index in [-0.39, 0.29) is 4.90 Å². The van der Waals surface area contributed by atoms with Crippen molar-refractivity contribution in [2.45, 2.75) is 4.90 Å². The Hall–Kier alpha value is -2.25. The second-order valence-electron chi connectivity index (χ2n) is 4.78. The molecule has 0 amide bonds. The standard InChI is InChI=1S/C14H14N4O2S/c1-17(2)21(19,20)12-5-3-11(4-6-12)13-9-18-10-15-8-7-14(18)16-13/h3-10H,1-2H3. The van der Waals surface area contributed by atoms with Gasteiger partial charge in [0.05, 0.1) is 10.6 Å². The van der Waals surface area contributed by atoms with Crippen LogP contribution in [0.1, 0.15) is 0 Å². The van der Waals surface area contributed by atoms with Crippen molar-refractivity contribution in [2.24, 2.45) is 0 Å². The van der Waals surface area contributed by atoms with Crippen LogP contribution in [0.25, 0.3) is 16.9 Å². The van der Waals surface area contributed by atoms with E-state index in [0.29, 0.717) is 0 Å². The average molecular weight is 302 g/mol. The molecule has 21 heavy (non-hydrogen) atoms. The quantitative estimate of drug-likeness (QED) is 0.738. The fraction of sp³-hybridized carbons (Fsp3) is 0.143. The fourth-order valence-corrected chi connectivity index (χ4v) is 2.89. The summed E-state index contributed by atoms with van der Waals surface area (Å²) in [5.41, 5.74) is 2.43. The summed E-state index contributed by atoms with van der Waals surface area (Å²) in [6.07, 6.45) is 5.22. The normalized spacial score (nSPS) is 12.1. The molecule has 0 aliphatic rings. The van der Waals surface area contributed by atoms with Crippen LogP contribution in [0.3, 0.4) is 0 Å². The van der Waals surface area contributed by atoms with Crippen LogP contribution in [-0.2, 0) is 10.0 Å². The van der Waals surface area contributed by atoms with Crippen LogP contribution in [0.15, 0.2) is 53.9 Å². The van der Waals surface area contributed by atoms with E-state index in [0.717, 1.165) is 16.9 Å². The highest BCUT2D eigenvalue weighted by atomic mass is 32.2. The molecule has 0 saturated heterocycles. The number of hydrogen-bond acceptors (Lipinski definition) is 4. The lowest BCUT2D eigenvalue weighted by molar-refractivity contribution is 0.521. The SMILES string of the molecule is CN(C)S(=O)(=O)c1ccc(-c2cn3cnccc3n2)cc1. The zero-order valence-corrected chi connectivity index (χ0v) is 12.4. The van der Waals surface area contributed by atoms with Gasteiger partial charge in [-0.15, -0.1) is 0 Å². The predicted octanol–water partition coefficient (Wildman–Crippen LogP) is 1.65. The molecule has 0 spiro atoms. The molecule has 3 aromatic rings. The molecule has 0 aliphatic heterocycles. The van der Waals surface area contributed by atoms with Crippen molar-refractivity contribution in [1.29, 1.82) is 0 Å². The van der Waals surface area contributed by atoms with Gasteiger partial charge in [0.25, 0.3) is 0 Å². The maximum atomic E-state index is 12.0. The Morgan fingerprint density at radius 2 is 1.81 bits per heavy atom. The van der Waals surface area contributed by atoms with Crippen LogP contribution in [0.4, 0.5) is 0 Å². The van der Waals surface area contributed by atoms with Crippen molar-refractivity contribution in [1.82, 2.24) is 18.7 Å². The zero-order valence-electron chi connectivity index (χ0n) is 11.6. The molecule has 1 aromatic carbocycles. The Labute approximate surface area is 122 Å². The first-order chi connectivity index (χ1) is 9.98. The molecular weight excluding hydrogens is 288 g/mol. The van der Waals surface area contributed by atoms with Gasteiger partial charge in [-0.1, -0.05) is 12.1 Å². The summed E-state index contributed by atoms with van der Waals surface area (Å²) in [4.78, 5) is 8.76. The molecule has 6 nitrogen and oxygen atoms in total. The highest BCUT2D eigenvalue weighted by Crippen LogP contribution is 2.22. The highest BCUT2D eigenvalue weighted by molar-refractivity contribution is 7.89. The molecule has 0 atom stereocenters. The number of imidazole rings is 1. The van der Waals surface area contributed by atoms with Crippen LogP contribution in [0.2, 0.25) is 0 Å². The zero-order chi connectivity index (χ0) is 15.0. The summed E-state index contributed by atoms with van der Waals surface area (Å²) in [7, 11) is -0.378. The number of rotatable bonds is 3. The second-order valence-corrected chi connectivity index (χ2v) is 6.94. The van der Waals surface area contributed by atoms with Gasteiger partial charge in [-0.2, -0.15) is 0 Å². The maximum absolute atomic E-state index is 12.0. The molecule has 0 aliphatic carbocycles. The smallest absolute Gasteiger partial charge is 0.242 e. The van der Waals surface area contributed by atoms with Crippen molar-refractivity contribution < 1.29 is 8.42 Å². The van der Waals surface area contributed by atoms with E-state index in [1.54, 1.807) is 36.8 Å². The van der Waals surface area contributed by atoms with Crippen LogP contribution >= 0.6 is 0 Å². The minimum absolute atomic E-state index is 0.265. The number of fused-ring (bicyclic) bond motifs is 1. The molecule has 0 fully saturated rings. The minimum atomic E-state index is -3.40. The van der Waals surface area contributed by atoms with E-state index in [2.05, 4.69) is 9.97 Å². The first-order valence-corrected chi connectivity index (χ1v) is 7.74.